The Labute approximate surface area is 317 Å². The molecule has 0 aliphatic rings. The third kappa shape index (κ3) is 54.2. The number of hydrogen-bond acceptors (Lipinski definition) is 4. The average molecular weight is 751 g/mol. The van der Waals surface area contributed by atoms with Gasteiger partial charge in [-0.15, -0.1) is 12.6 Å². The molecule has 0 aliphatic heterocycles. The first kappa shape index (κ1) is 49.8. The normalized spacial score (nSPS) is 10.9. The zero-order chi connectivity index (χ0) is 32.6. The molecule has 0 spiro atoms. The van der Waals surface area contributed by atoms with Crippen molar-refractivity contribution in [2.75, 3.05) is 13.1 Å². The number of nitrogens with zero attached hydrogens (tertiary/aromatic N) is 1. The molecule has 0 fully saturated rings. The number of unbranched alkanes of at least 4 members (excludes halogenated alkanes) is 24. The van der Waals surface area contributed by atoms with Crippen molar-refractivity contribution >= 4 is 58.8 Å². The summed E-state index contributed by atoms with van der Waals surface area (Å²) in [5.74, 6) is 0. The van der Waals surface area contributed by atoms with Gasteiger partial charge in [0.2, 0.25) is 0 Å². The summed E-state index contributed by atoms with van der Waals surface area (Å²) in [4.78, 5) is 4.07. The van der Waals surface area contributed by atoms with Crippen LogP contribution >= 0.6 is 24.8 Å². The van der Waals surface area contributed by atoms with Gasteiger partial charge in [0, 0.05) is 13.1 Å². The molecule has 0 aliphatic carbocycles. The van der Waals surface area contributed by atoms with E-state index < -0.39 is 0 Å². The summed E-state index contributed by atoms with van der Waals surface area (Å²) in [6.07, 6.45) is 47.2. The first-order chi connectivity index (χ1) is 21.5. The number of thiocarbonyl (C=S) groups is 1. The van der Waals surface area contributed by atoms with E-state index in [-0.39, 0.29) is 19.5 Å². The maximum absolute atomic E-state index is 4.85. The second-order valence-electron chi connectivity index (χ2n) is 12.3. The van der Waals surface area contributed by atoms with E-state index >= 15 is 0 Å². The van der Waals surface area contributed by atoms with Crippen LogP contribution in [-0.4, -0.2) is 21.8 Å². The molecule has 2 nitrogen and oxygen atoms in total. The van der Waals surface area contributed by atoms with Crippen LogP contribution in [0.5, 0.6) is 0 Å². The zero-order valence-corrected chi connectivity index (χ0v) is 36.2. The second-order valence-corrected chi connectivity index (χ2v) is 14.4. The molecule has 0 rings (SSSR count). The third-order valence-corrected chi connectivity index (χ3v) is 8.44. The summed E-state index contributed by atoms with van der Waals surface area (Å²) in [6.45, 7) is 6.35. The van der Waals surface area contributed by atoms with Crippen molar-refractivity contribution in [2.24, 2.45) is 4.99 Å². The smallest absolute Gasteiger partial charge is 0.789 e. The van der Waals surface area contributed by atoms with Crippen LogP contribution in [0.2, 0.25) is 0 Å². The van der Waals surface area contributed by atoms with Crippen LogP contribution in [0.25, 0.3) is 0 Å². The Kier molecular flexibility index (Phi) is 51.6. The Morgan fingerprint density at radius 2 is 0.844 bits per heavy atom. The van der Waals surface area contributed by atoms with Crippen molar-refractivity contribution in [3.8, 4) is 0 Å². The van der Waals surface area contributed by atoms with Gasteiger partial charge >= 0.3 is 19.5 Å². The van der Waals surface area contributed by atoms with E-state index in [1.165, 1.54) is 173 Å². The minimum absolute atomic E-state index is 0. The zero-order valence-electron chi connectivity index (χ0n) is 29.8. The van der Waals surface area contributed by atoms with Gasteiger partial charge in [0.25, 0.3) is 0 Å². The quantitative estimate of drug-likeness (QED) is 0.0105. The van der Waals surface area contributed by atoms with E-state index in [2.05, 4.69) is 61.1 Å². The first-order valence-corrected chi connectivity index (χ1v) is 20.4. The van der Waals surface area contributed by atoms with Crippen LogP contribution in [0.3, 0.4) is 0 Å². The molecule has 260 valence electrons. The third-order valence-electron chi connectivity index (χ3n) is 7.88. The number of nitrogens with one attached hydrogen (secondary N) is 1. The van der Waals surface area contributed by atoms with Gasteiger partial charge in [0.05, 0.1) is 0 Å². The molecule has 7 heteroatoms. The van der Waals surface area contributed by atoms with Gasteiger partial charge in [-0.3, -0.25) is 0 Å². The summed E-state index contributed by atoms with van der Waals surface area (Å²) in [7, 11) is 0. The Balaban J connectivity index is -0.000000767. The molecule has 0 aromatic rings. The number of rotatable bonds is 32. The predicted molar refractivity (Wildman–Crippen MR) is 216 cm³/mol. The molecular weight excluding hydrogens is 678 g/mol. The van der Waals surface area contributed by atoms with Gasteiger partial charge in [0.15, 0.2) is 0 Å². The Hall–Kier alpha value is 0.453. The summed E-state index contributed by atoms with van der Waals surface area (Å²) in [5, 5.41) is 3.08. The van der Waals surface area contributed by atoms with E-state index in [1.807, 2.05) is 0 Å². The van der Waals surface area contributed by atoms with Crippen LogP contribution < -0.4 is 5.32 Å². The molecule has 0 heterocycles. The molecule has 0 radical (unpaired) electrons. The van der Waals surface area contributed by atoms with E-state index in [0.717, 1.165) is 19.5 Å². The van der Waals surface area contributed by atoms with Crippen LogP contribution in [0.1, 0.15) is 194 Å². The van der Waals surface area contributed by atoms with E-state index in [0.29, 0.717) is 8.70 Å². The molecule has 0 unspecified atom stereocenters. The van der Waals surface area contributed by atoms with Crippen LogP contribution in [0.4, 0.5) is 0 Å². The summed E-state index contributed by atoms with van der Waals surface area (Å²) in [6, 6.07) is 0. The van der Waals surface area contributed by atoms with Gasteiger partial charge in [-0.2, -0.15) is 0 Å². The van der Waals surface area contributed by atoms with Gasteiger partial charge in [-0.1, -0.05) is 166 Å². The largest absolute Gasteiger partial charge is 2.00 e. The number of hydrogen-bond donors (Lipinski definition) is 2. The predicted octanol–water partition coefficient (Wildman–Crippen LogP) is 13.3. The SMILES string of the molecule is CCCCCCCCC=CCCCCCCCCN=C([S-])[S-].CCCCCCCCC=CCCCCCCCCNC(=S)S.[Zn+2]. The topological polar surface area (TPSA) is 24.4 Å². The summed E-state index contributed by atoms with van der Waals surface area (Å²) >= 11 is 18.4. The van der Waals surface area contributed by atoms with Crippen LogP contribution in [0, 0.1) is 0 Å². The van der Waals surface area contributed by atoms with Crippen molar-refractivity contribution < 1.29 is 19.5 Å². The Morgan fingerprint density at radius 1 is 0.533 bits per heavy atom. The van der Waals surface area contributed by atoms with Gasteiger partial charge in [-0.25, -0.2) is 4.38 Å². The summed E-state index contributed by atoms with van der Waals surface area (Å²) in [5.41, 5.74) is 0. The maximum atomic E-state index is 4.85. The molecule has 0 atom stereocenters. The Bertz CT molecular complexity index is 652. The molecule has 45 heavy (non-hydrogen) atoms. The standard InChI is InChI=1S/2C19H37NS2.Zn/c2*1-2-3-4-5-6-7-8-9-10-11-12-13-14-15-16-17-18-20-19(21)22;/h2*9-10H,2-8,11-18H2,1H3,(H2,20,21,22);/q;;+2/p-2. The molecule has 1 N–H and O–H groups in total. The first-order valence-electron chi connectivity index (χ1n) is 18.7. The number of allylic oxidation sites excluding steroid dienone is 4. The Morgan fingerprint density at radius 3 is 1.18 bits per heavy atom. The fourth-order valence-electron chi connectivity index (χ4n) is 5.10. The molecule has 0 bridgehead atoms. The minimum Gasteiger partial charge on any atom is -0.789 e. The minimum atomic E-state index is 0. The molecule has 0 saturated carbocycles. The average Bonchev–Trinajstić information content (AvgIpc) is 3.00. The van der Waals surface area contributed by atoms with Crippen molar-refractivity contribution in [3.05, 3.63) is 24.3 Å². The molecule has 0 saturated heterocycles. The van der Waals surface area contributed by atoms with Crippen molar-refractivity contribution in [1.82, 2.24) is 5.32 Å². The van der Waals surface area contributed by atoms with Gasteiger partial charge in [0.1, 0.15) is 4.32 Å². The van der Waals surface area contributed by atoms with E-state index in [4.69, 9.17) is 37.5 Å². The number of thiol groups is 1. The maximum Gasteiger partial charge on any atom is 2.00 e. The van der Waals surface area contributed by atoms with Gasteiger partial charge in [-0.05, 0) is 64.2 Å². The van der Waals surface area contributed by atoms with Crippen molar-refractivity contribution in [3.63, 3.8) is 0 Å². The van der Waals surface area contributed by atoms with Crippen LogP contribution in [-0.2, 0) is 44.7 Å². The molecular formula is C38H72N2S4Zn. The second kappa shape index (κ2) is 46.6. The van der Waals surface area contributed by atoms with Crippen LogP contribution in [0.15, 0.2) is 29.3 Å². The van der Waals surface area contributed by atoms with Gasteiger partial charge < -0.3 is 35.6 Å². The molecule has 0 aromatic carbocycles. The molecule has 0 amide bonds. The molecule has 0 aromatic heterocycles. The van der Waals surface area contributed by atoms with E-state index in [9.17, 15) is 0 Å². The monoisotopic (exact) mass is 748 g/mol. The van der Waals surface area contributed by atoms with Crippen molar-refractivity contribution in [2.45, 2.75) is 194 Å². The fourth-order valence-corrected chi connectivity index (χ4v) is 5.49. The number of aliphatic imine (C=N–C) groups is 1. The van der Waals surface area contributed by atoms with Crippen molar-refractivity contribution in [1.29, 1.82) is 0 Å². The summed E-state index contributed by atoms with van der Waals surface area (Å²) < 4.78 is 1.00. The fraction of sp³-hybridized carbons (Fsp3) is 0.842. The van der Waals surface area contributed by atoms with E-state index in [1.54, 1.807) is 0 Å².